The molecule has 0 aliphatic carbocycles. The van der Waals surface area contributed by atoms with Gasteiger partial charge in [-0.05, 0) is 43.9 Å². The summed E-state index contributed by atoms with van der Waals surface area (Å²) in [6.07, 6.45) is 3.43. The Balaban J connectivity index is 1.89. The maximum atomic E-state index is 12.2. The second-order valence-electron chi connectivity index (χ2n) is 7.59. The predicted octanol–water partition coefficient (Wildman–Crippen LogP) is 4.76. The van der Waals surface area contributed by atoms with Crippen molar-refractivity contribution in [1.82, 2.24) is 15.1 Å². The molecule has 1 aromatic heterocycles. The number of aromatic nitrogens is 2. The van der Waals surface area contributed by atoms with Gasteiger partial charge in [-0.15, -0.1) is 0 Å². The van der Waals surface area contributed by atoms with E-state index in [2.05, 4.69) is 24.3 Å². The lowest BCUT2D eigenvalue weighted by atomic mass is 10.1. The number of hydrogen-bond acceptors (Lipinski definition) is 3. The molecule has 152 valence electrons. The summed E-state index contributed by atoms with van der Waals surface area (Å²) in [4.78, 5) is 12.2. The lowest BCUT2D eigenvalue weighted by Gasteiger charge is -2.08. The van der Waals surface area contributed by atoms with Crippen LogP contribution < -0.4 is 5.32 Å². The molecule has 1 aromatic carbocycles. The summed E-state index contributed by atoms with van der Waals surface area (Å²) in [5.74, 6) is 0.277. The minimum Gasteiger partial charge on any atom is -0.374 e. The zero-order valence-corrected chi connectivity index (χ0v) is 18.1. The van der Waals surface area contributed by atoms with Gasteiger partial charge >= 0.3 is 0 Å². The average molecular weight is 404 g/mol. The Labute approximate surface area is 172 Å². The highest BCUT2D eigenvalue weighted by molar-refractivity contribution is 6.31. The standard InChI is InChI=1S/C22H30ClN3O2/c1-15(2)13-26-22(23)20(17(5)25-26)10-11-21(27)24-12-18-6-8-19(9-7-18)14-28-16(3)4/h6-11,15-16H,12-14H2,1-5H3,(H,24,27)/b11-10+. The summed E-state index contributed by atoms with van der Waals surface area (Å²) in [5.41, 5.74) is 3.75. The minimum absolute atomic E-state index is 0.167. The normalized spacial score (nSPS) is 11.7. The van der Waals surface area contributed by atoms with E-state index in [4.69, 9.17) is 16.3 Å². The Morgan fingerprint density at radius 3 is 2.46 bits per heavy atom. The van der Waals surface area contributed by atoms with E-state index >= 15 is 0 Å². The van der Waals surface area contributed by atoms with E-state index in [1.165, 1.54) is 6.08 Å². The van der Waals surface area contributed by atoms with Gasteiger partial charge in [0.25, 0.3) is 0 Å². The number of halogens is 1. The molecule has 0 atom stereocenters. The molecule has 0 spiro atoms. The highest BCUT2D eigenvalue weighted by atomic mass is 35.5. The van der Waals surface area contributed by atoms with Gasteiger partial charge in [0.2, 0.25) is 5.91 Å². The molecule has 0 aliphatic rings. The van der Waals surface area contributed by atoms with Crippen molar-refractivity contribution in [3.8, 4) is 0 Å². The SMILES string of the molecule is Cc1nn(CC(C)C)c(Cl)c1/C=C/C(=O)NCc1ccc(COC(C)C)cc1. The maximum absolute atomic E-state index is 12.2. The van der Waals surface area contributed by atoms with Gasteiger partial charge in [0, 0.05) is 24.7 Å². The second-order valence-corrected chi connectivity index (χ2v) is 7.95. The molecular formula is C22H30ClN3O2. The average Bonchev–Trinajstić information content (AvgIpc) is 2.89. The van der Waals surface area contributed by atoms with Crippen LogP contribution in [0.4, 0.5) is 0 Å². The van der Waals surface area contributed by atoms with E-state index in [1.807, 2.05) is 45.0 Å². The maximum Gasteiger partial charge on any atom is 0.244 e. The molecule has 28 heavy (non-hydrogen) atoms. The third-order valence-corrected chi connectivity index (χ3v) is 4.52. The molecule has 0 saturated carbocycles. The third-order valence-electron chi connectivity index (χ3n) is 4.12. The van der Waals surface area contributed by atoms with Gasteiger partial charge in [0.15, 0.2) is 0 Å². The number of hydrogen-bond donors (Lipinski definition) is 1. The topological polar surface area (TPSA) is 56.2 Å². The fourth-order valence-corrected chi connectivity index (χ4v) is 2.95. The number of ether oxygens (including phenoxy) is 1. The van der Waals surface area contributed by atoms with E-state index in [0.717, 1.165) is 28.9 Å². The van der Waals surface area contributed by atoms with Crippen LogP contribution >= 0.6 is 11.6 Å². The Kier molecular flexibility index (Phi) is 8.27. The van der Waals surface area contributed by atoms with Crippen LogP contribution in [0.2, 0.25) is 5.15 Å². The zero-order chi connectivity index (χ0) is 20.7. The number of carbonyl (C=O) groups is 1. The molecule has 2 aromatic rings. The molecular weight excluding hydrogens is 374 g/mol. The van der Waals surface area contributed by atoms with Gasteiger partial charge in [-0.25, -0.2) is 0 Å². The Bertz CT molecular complexity index is 808. The first kappa shape index (κ1) is 22.2. The van der Waals surface area contributed by atoms with Gasteiger partial charge in [0.1, 0.15) is 5.15 Å². The van der Waals surface area contributed by atoms with Crippen LogP contribution in [0.15, 0.2) is 30.3 Å². The number of nitrogens with zero attached hydrogens (tertiary/aromatic N) is 2. The lowest BCUT2D eigenvalue weighted by Crippen LogP contribution is -2.20. The first-order valence-corrected chi connectivity index (χ1v) is 10.0. The van der Waals surface area contributed by atoms with Crippen molar-refractivity contribution in [3.05, 3.63) is 57.9 Å². The highest BCUT2D eigenvalue weighted by Gasteiger charge is 2.12. The van der Waals surface area contributed by atoms with Crippen LogP contribution in [-0.2, 0) is 29.2 Å². The van der Waals surface area contributed by atoms with E-state index in [-0.39, 0.29) is 12.0 Å². The molecule has 1 heterocycles. The van der Waals surface area contributed by atoms with E-state index in [9.17, 15) is 4.79 Å². The fraction of sp³-hybridized carbons (Fsp3) is 0.455. The van der Waals surface area contributed by atoms with Crippen LogP contribution in [0.5, 0.6) is 0 Å². The molecule has 1 amide bonds. The van der Waals surface area contributed by atoms with Crippen molar-refractivity contribution in [2.75, 3.05) is 0 Å². The third kappa shape index (κ3) is 6.80. The number of benzene rings is 1. The van der Waals surface area contributed by atoms with Crippen LogP contribution in [-0.4, -0.2) is 21.8 Å². The molecule has 0 aliphatic heterocycles. The van der Waals surface area contributed by atoms with Gasteiger partial charge in [-0.3, -0.25) is 9.48 Å². The van der Waals surface area contributed by atoms with Crippen molar-refractivity contribution in [3.63, 3.8) is 0 Å². The van der Waals surface area contributed by atoms with Crippen molar-refractivity contribution in [2.24, 2.45) is 5.92 Å². The number of rotatable bonds is 9. The van der Waals surface area contributed by atoms with Crippen LogP contribution in [0.1, 0.15) is 50.1 Å². The van der Waals surface area contributed by atoms with E-state index < -0.39 is 0 Å². The summed E-state index contributed by atoms with van der Waals surface area (Å²) < 4.78 is 7.37. The Morgan fingerprint density at radius 1 is 1.21 bits per heavy atom. The summed E-state index contributed by atoms with van der Waals surface area (Å²) >= 11 is 6.40. The summed E-state index contributed by atoms with van der Waals surface area (Å²) in [6.45, 7) is 12.0. The number of aryl methyl sites for hydroxylation is 1. The van der Waals surface area contributed by atoms with Crippen molar-refractivity contribution in [1.29, 1.82) is 0 Å². The molecule has 1 N–H and O–H groups in total. The molecule has 6 heteroatoms. The van der Waals surface area contributed by atoms with E-state index in [0.29, 0.717) is 24.2 Å². The van der Waals surface area contributed by atoms with E-state index in [1.54, 1.807) is 10.8 Å². The first-order chi connectivity index (χ1) is 13.3. The quantitative estimate of drug-likeness (QED) is 0.614. The van der Waals surface area contributed by atoms with Crippen molar-refractivity contribution in [2.45, 2.75) is 60.4 Å². The van der Waals surface area contributed by atoms with Gasteiger partial charge in [-0.2, -0.15) is 5.10 Å². The molecule has 0 radical (unpaired) electrons. The van der Waals surface area contributed by atoms with Crippen molar-refractivity contribution < 1.29 is 9.53 Å². The lowest BCUT2D eigenvalue weighted by molar-refractivity contribution is -0.116. The summed E-state index contributed by atoms with van der Waals surface area (Å²) in [7, 11) is 0. The van der Waals surface area contributed by atoms with Crippen LogP contribution in [0.25, 0.3) is 6.08 Å². The molecule has 0 unspecified atom stereocenters. The molecule has 2 rings (SSSR count). The predicted molar refractivity (Wildman–Crippen MR) is 114 cm³/mol. The van der Waals surface area contributed by atoms with Gasteiger partial charge in [0.05, 0.1) is 18.4 Å². The van der Waals surface area contributed by atoms with Crippen LogP contribution in [0.3, 0.4) is 0 Å². The fourth-order valence-electron chi connectivity index (χ4n) is 2.65. The Hall–Kier alpha value is -2.11. The van der Waals surface area contributed by atoms with Gasteiger partial charge in [-0.1, -0.05) is 49.7 Å². The smallest absolute Gasteiger partial charge is 0.244 e. The molecule has 0 saturated heterocycles. The highest BCUT2D eigenvalue weighted by Crippen LogP contribution is 2.22. The second kappa shape index (κ2) is 10.4. The zero-order valence-electron chi connectivity index (χ0n) is 17.3. The van der Waals surface area contributed by atoms with Crippen molar-refractivity contribution >= 4 is 23.6 Å². The summed E-state index contributed by atoms with van der Waals surface area (Å²) in [6, 6.07) is 8.04. The largest absolute Gasteiger partial charge is 0.374 e. The number of carbonyl (C=O) groups excluding carboxylic acids is 1. The summed E-state index contributed by atoms with van der Waals surface area (Å²) in [5, 5.41) is 7.90. The number of amides is 1. The van der Waals surface area contributed by atoms with Gasteiger partial charge < -0.3 is 10.1 Å². The number of nitrogens with one attached hydrogen (secondary N) is 1. The molecule has 0 bridgehead atoms. The van der Waals surface area contributed by atoms with Crippen LogP contribution in [0, 0.1) is 12.8 Å². The first-order valence-electron chi connectivity index (χ1n) is 9.64. The molecule has 5 nitrogen and oxygen atoms in total. The monoisotopic (exact) mass is 403 g/mol. The minimum atomic E-state index is -0.167. The molecule has 0 fully saturated rings. The Morgan fingerprint density at radius 2 is 1.86 bits per heavy atom.